The first-order valence-electron chi connectivity index (χ1n) is 9.69. The molecule has 0 aliphatic carbocycles. The van der Waals surface area contributed by atoms with Gasteiger partial charge in [0.05, 0.1) is 22.8 Å². The molecule has 1 aromatic heterocycles. The summed E-state index contributed by atoms with van der Waals surface area (Å²) in [5.74, 6) is -1.76. The molecule has 150 valence electrons. The lowest BCUT2D eigenvalue weighted by atomic mass is 10.0. The lowest BCUT2D eigenvalue weighted by Gasteiger charge is -2.08. The first-order valence-corrected chi connectivity index (χ1v) is 9.69. The van der Waals surface area contributed by atoms with E-state index in [0.29, 0.717) is 35.9 Å². The summed E-state index contributed by atoms with van der Waals surface area (Å²) in [6.45, 7) is 5.42. The van der Waals surface area contributed by atoms with Gasteiger partial charge in [-0.1, -0.05) is 36.4 Å². The number of aliphatic hydroxyl groups excluding tert-OH is 1. The molecule has 0 fully saturated rings. The summed E-state index contributed by atoms with van der Waals surface area (Å²) in [5, 5.41) is 9.25. The summed E-state index contributed by atoms with van der Waals surface area (Å²) in [6, 6.07) is 8.34. The van der Waals surface area contributed by atoms with Crippen molar-refractivity contribution < 1.29 is 13.9 Å². The highest BCUT2D eigenvalue weighted by Gasteiger charge is 2.14. The van der Waals surface area contributed by atoms with Crippen molar-refractivity contribution in [3.63, 3.8) is 0 Å². The molecule has 0 saturated carbocycles. The third kappa shape index (κ3) is 5.12. The van der Waals surface area contributed by atoms with Gasteiger partial charge < -0.3 is 5.11 Å². The molecule has 1 atom stereocenters. The molecule has 2 aromatic carbocycles. The minimum Gasteiger partial charge on any atom is -0.393 e. The van der Waals surface area contributed by atoms with Gasteiger partial charge in [0.25, 0.3) is 0 Å². The van der Waals surface area contributed by atoms with Crippen molar-refractivity contribution in [3.8, 4) is 11.1 Å². The average Bonchev–Trinajstić information content (AvgIpc) is 2.70. The monoisotopic (exact) mass is 394 g/mol. The second kappa shape index (κ2) is 9.52. The Bertz CT molecular complexity index is 1040. The maximum Gasteiger partial charge on any atom is 0.167 e. The highest BCUT2D eigenvalue weighted by Crippen LogP contribution is 2.29. The van der Waals surface area contributed by atoms with Gasteiger partial charge in [-0.3, -0.25) is 4.98 Å². The average molecular weight is 394 g/mol. The van der Waals surface area contributed by atoms with Crippen molar-refractivity contribution in [1.82, 2.24) is 9.97 Å². The zero-order valence-corrected chi connectivity index (χ0v) is 16.4. The molecule has 0 amide bonds. The third-order valence-corrected chi connectivity index (χ3v) is 4.66. The zero-order chi connectivity index (χ0) is 20.8. The van der Waals surface area contributed by atoms with E-state index in [-0.39, 0.29) is 17.2 Å². The van der Waals surface area contributed by atoms with E-state index in [1.54, 1.807) is 61.7 Å². The number of aromatic nitrogens is 2. The summed E-state index contributed by atoms with van der Waals surface area (Å²) in [4.78, 5) is 8.86. The SMILES string of the molecule is C=CCc1cnc2cc(-c3ccc(C=CCCCC(C)O)c(F)c3F)ccc2n1. The summed E-state index contributed by atoms with van der Waals surface area (Å²) < 4.78 is 29.2. The Kier molecular flexibility index (Phi) is 6.83. The van der Waals surface area contributed by atoms with E-state index in [9.17, 15) is 13.9 Å². The third-order valence-electron chi connectivity index (χ3n) is 4.66. The van der Waals surface area contributed by atoms with E-state index in [1.807, 2.05) is 0 Å². The second-order valence-corrected chi connectivity index (χ2v) is 7.07. The Hall–Kier alpha value is -2.92. The molecular formula is C24H24F2N2O. The molecule has 0 spiro atoms. The number of fused-ring (bicyclic) bond motifs is 1. The number of hydrogen-bond donors (Lipinski definition) is 1. The van der Waals surface area contributed by atoms with E-state index in [4.69, 9.17) is 0 Å². The number of nitrogens with zero attached hydrogens (tertiary/aromatic N) is 2. The van der Waals surface area contributed by atoms with Gasteiger partial charge in [-0.2, -0.15) is 0 Å². The van der Waals surface area contributed by atoms with E-state index >= 15 is 0 Å². The predicted molar refractivity (Wildman–Crippen MR) is 113 cm³/mol. The van der Waals surface area contributed by atoms with E-state index in [2.05, 4.69) is 16.5 Å². The second-order valence-electron chi connectivity index (χ2n) is 7.07. The van der Waals surface area contributed by atoms with Crippen LogP contribution in [0.15, 0.2) is 55.3 Å². The lowest BCUT2D eigenvalue weighted by molar-refractivity contribution is 0.182. The Morgan fingerprint density at radius 1 is 1.14 bits per heavy atom. The number of benzene rings is 2. The number of unbranched alkanes of at least 4 members (excludes halogenated alkanes) is 1. The summed E-state index contributed by atoms with van der Waals surface area (Å²) >= 11 is 0. The fourth-order valence-corrected chi connectivity index (χ4v) is 3.12. The molecule has 3 rings (SSSR count). The zero-order valence-electron chi connectivity index (χ0n) is 16.4. The Balaban J connectivity index is 1.83. The van der Waals surface area contributed by atoms with Crippen molar-refractivity contribution in [1.29, 1.82) is 0 Å². The van der Waals surface area contributed by atoms with Crippen LogP contribution in [0.1, 0.15) is 37.4 Å². The summed E-state index contributed by atoms with van der Waals surface area (Å²) in [5.41, 5.74) is 3.07. The normalized spacial score (nSPS) is 12.6. The number of allylic oxidation sites excluding steroid dienone is 2. The van der Waals surface area contributed by atoms with Crippen LogP contribution >= 0.6 is 0 Å². The molecular weight excluding hydrogens is 370 g/mol. The van der Waals surface area contributed by atoms with Gasteiger partial charge in [-0.15, -0.1) is 6.58 Å². The fraction of sp³-hybridized carbons (Fsp3) is 0.250. The van der Waals surface area contributed by atoms with Crippen LogP contribution in [0.5, 0.6) is 0 Å². The molecule has 1 unspecified atom stereocenters. The van der Waals surface area contributed by atoms with Gasteiger partial charge in [-0.05, 0) is 43.9 Å². The van der Waals surface area contributed by atoms with Crippen LogP contribution in [0.3, 0.4) is 0 Å². The lowest BCUT2D eigenvalue weighted by Crippen LogP contribution is -1.97. The van der Waals surface area contributed by atoms with Crippen molar-refractivity contribution in [2.45, 2.75) is 38.7 Å². The predicted octanol–water partition coefficient (Wildman–Crippen LogP) is 5.87. The van der Waals surface area contributed by atoms with Crippen molar-refractivity contribution >= 4 is 17.1 Å². The summed E-state index contributed by atoms with van der Waals surface area (Å²) in [6.07, 6.45) is 9.25. The van der Waals surface area contributed by atoms with Crippen LogP contribution in [0.2, 0.25) is 0 Å². The molecule has 0 aliphatic heterocycles. The largest absolute Gasteiger partial charge is 0.393 e. The van der Waals surface area contributed by atoms with E-state index in [1.165, 1.54) is 0 Å². The Morgan fingerprint density at radius 3 is 2.72 bits per heavy atom. The fourth-order valence-electron chi connectivity index (χ4n) is 3.12. The Morgan fingerprint density at radius 2 is 1.97 bits per heavy atom. The van der Waals surface area contributed by atoms with Gasteiger partial charge in [0, 0.05) is 23.7 Å². The van der Waals surface area contributed by atoms with Crippen LogP contribution in [-0.4, -0.2) is 21.2 Å². The van der Waals surface area contributed by atoms with Crippen LogP contribution in [0.25, 0.3) is 28.2 Å². The molecule has 29 heavy (non-hydrogen) atoms. The molecule has 1 N–H and O–H groups in total. The smallest absolute Gasteiger partial charge is 0.167 e. The van der Waals surface area contributed by atoms with Gasteiger partial charge >= 0.3 is 0 Å². The van der Waals surface area contributed by atoms with Crippen molar-refractivity contribution in [2.24, 2.45) is 0 Å². The maximum absolute atomic E-state index is 14.7. The van der Waals surface area contributed by atoms with Crippen LogP contribution in [-0.2, 0) is 6.42 Å². The topological polar surface area (TPSA) is 46.0 Å². The summed E-state index contributed by atoms with van der Waals surface area (Å²) in [7, 11) is 0. The van der Waals surface area contributed by atoms with Crippen LogP contribution in [0, 0.1) is 11.6 Å². The standard InChI is InChI=1S/C24H24F2N2O/c1-3-7-19-15-27-22-14-18(11-13-21(22)28-19)20-12-10-17(23(25)24(20)26)9-6-4-5-8-16(2)29/h3,6,9-16,29H,1,4-5,7-8H2,2H3. The van der Waals surface area contributed by atoms with Gasteiger partial charge in [0.1, 0.15) is 0 Å². The number of aliphatic hydroxyl groups is 1. The highest BCUT2D eigenvalue weighted by atomic mass is 19.2. The molecule has 5 heteroatoms. The van der Waals surface area contributed by atoms with Gasteiger partial charge in [0.15, 0.2) is 11.6 Å². The molecule has 3 nitrogen and oxygen atoms in total. The first kappa shape index (κ1) is 20.8. The van der Waals surface area contributed by atoms with Gasteiger partial charge in [-0.25, -0.2) is 13.8 Å². The number of rotatable bonds is 8. The highest BCUT2D eigenvalue weighted by molar-refractivity contribution is 5.81. The minimum absolute atomic E-state index is 0.188. The van der Waals surface area contributed by atoms with Crippen molar-refractivity contribution in [2.75, 3.05) is 0 Å². The van der Waals surface area contributed by atoms with E-state index < -0.39 is 11.6 Å². The molecule has 0 bridgehead atoms. The molecule has 0 aliphatic rings. The number of hydrogen-bond acceptors (Lipinski definition) is 3. The van der Waals surface area contributed by atoms with Crippen molar-refractivity contribution in [3.05, 3.63) is 78.2 Å². The van der Waals surface area contributed by atoms with Crippen LogP contribution < -0.4 is 0 Å². The van der Waals surface area contributed by atoms with Gasteiger partial charge in [0.2, 0.25) is 0 Å². The van der Waals surface area contributed by atoms with E-state index in [0.717, 1.165) is 12.1 Å². The first-order chi connectivity index (χ1) is 14.0. The quantitative estimate of drug-likeness (QED) is 0.384. The Labute approximate surface area is 169 Å². The molecule has 0 saturated heterocycles. The molecule has 0 radical (unpaired) electrons. The number of halogens is 2. The molecule has 1 heterocycles. The van der Waals surface area contributed by atoms with Crippen LogP contribution in [0.4, 0.5) is 8.78 Å². The molecule has 3 aromatic rings. The maximum atomic E-state index is 14.7. The minimum atomic E-state index is -0.883.